The van der Waals surface area contributed by atoms with Gasteiger partial charge in [-0.1, -0.05) is 0 Å². The fourth-order valence-corrected chi connectivity index (χ4v) is 4.96. The first-order valence-electron chi connectivity index (χ1n) is 7.25. The van der Waals surface area contributed by atoms with Gasteiger partial charge in [0.05, 0.1) is 4.70 Å². The normalized spacial score (nSPS) is 28.0. The highest BCUT2D eigenvalue weighted by molar-refractivity contribution is 9.10. The summed E-state index contributed by atoms with van der Waals surface area (Å²) < 4.78 is 2.13. The molecule has 3 atom stereocenters. The highest BCUT2D eigenvalue weighted by Crippen LogP contribution is 2.30. The summed E-state index contributed by atoms with van der Waals surface area (Å²) in [5.74, 6) is 0.702. The highest BCUT2D eigenvalue weighted by atomic mass is 79.9. The highest BCUT2D eigenvalue weighted by Gasteiger charge is 2.33. The first-order valence-corrected chi connectivity index (χ1v) is 8.92. The topological polar surface area (TPSA) is 45.2 Å². The lowest BCUT2D eigenvalue weighted by Crippen LogP contribution is -2.47. The molecule has 2 aromatic rings. The Balaban J connectivity index is 1.52. The number of hydrogen-bond donors (Lipinski definition) is 1. The third kappa shape index (κ3) is 2.60. The van der Waals surface area contributed by atoms with Crippen molar-refractivity contribution in [3.05, 3.63) is 27.8 Å². The maximum atomic E-state index is 12.4. The number of amides is 1. The second kappa shape index (κ2) is 5.34. The minimum Gasteiger partial charge on any atom is -0.347 e. The second-order valence-electron chi connectivity index (χ2n) is 5.97. The number of carbonyl (C=O) groups is 1. The first kappa shape index (κ1) is 13.7. The third-order valence-electron chi connectivity index (χ3n) is 4.45. The summed E-state index contributed by atoms with van der Waals surface area (Å²) in [5, 5.41) is 6.25. The lowest BCUT2D eigenvalue weighted by atomic mass is 9.97. The third-order valence-corrected chi connectivity index (χ3v) is 6.34. The van der Waals surface area contributed by atoms with Crippen LogP contribution in [-0.2, 0) is 0 Å². The van der Waals surface area contributed by atoms with E-state index in [9.17, 15) is 4.79 Å². The van der Waals surface area contributed by atoms with Gasteiger partial charge in [-0.05, 0) is 47.3 Å². The molecule has 3 unspecified atom stereocenters. The number of hydrogen-bond acceptors (Lipinski definition) is 4. The molecule has 2 fully saturated rings. The summed E-state index contributed by atoms with van der Waals surface area (Å²) in [4.78, 5) is 19.2. The SMILES string of the molecule is O=C(NC1CC2CCN(C2)C1)c1cc2c(Br)csc2cn1. The first-order chi connectivity index (χ1) is 10.2. The number of pyridine rings is 1. The van der Waals surface area contributed by atoms with Gasteiger partial charge in [-0.15, -0.1) is 11.3 Å². The molecule has 0 saturated carbocycles. The van der Waals surface area contributed by atoms with E-state index in [0.717, 1.165) is 33.4 Å². The van der Waals surface area contributed by atoms with E-state index < -0.39 is 0 Å². The van der Waals surface area contributed by atoms with Crippen LogP contribution in [0.2, 0.25) is 0 Å². The van der Waals surface area contributed by atoms with Crippen LogP contribution in [0.4, 0.5) is 0 Å². The largest absolute Gasteiger partial charge is 0.347 e. The van der Waals surface area contributed by atoms with Gasteiger partial charge in [0.2, 0.25) is 0 Å². The molecule has 2 bridgehead atoms. The zero-order chi connectivity index (χ0) is 14.4. The number of fused-ring (bicyclic) bond motifs is 3. The Morgan fingerprint density at radius 3 is 3.24 bits per heavy atom. The Labute approximate surface area is 135 Å². The summed E-state index contributed by atoms with van der Waals surface area (Å²) in [6.45, 7) is 3.37. The van der Waals surface area contributed by atoms with Crippen molar-refractivity contribution < 1.29 is 4.79 Å². The molecule has 2 saturated heterocycles. The van der Waals surface area contributed by atoms with E-state index in [0.29, 0.717) is 5.69 Å². The Kier molecular flexibility index (Phi) is 3.47. The average Bonchev–Trinajstić information content (AvgIpc) is 3.02. The molecule has 0 aromatic carbocycles. The summed E-state index contributed by atoms with van der Waals surface area (Å²) >= 11 is 5.15. The molecule has 1 amide bonds. The van der Waals surface area contributed by atoms with E-state index >= 15 is 0 Å². The monoisotopic (exact) mass is 365 g/mol. The van der Waals surface area contributed by atoms with Crippen molar-refractivity contribution >= 4 is 43.3 Å². The fraction of sp³-hybridized carbons (Fsp3) is 0.467. The van der Waals surface area contributed by atoms with Crippen LogP contribution in [0.15, 0.2) is 22.1 Å². The lowest BCUT2D eigenvalue weighted by molar-refractivity contribution is 0.0904. The number of nitrogens with zero attached hydrogens (tertiary/aromatic N) is 2. The Morgan fingerprint density at radius 1 is 1.48 bits per heavy atom. The number of carbonyl (C=O) groups excluding carboxylic acids is 1. The number of nitrogens with one attached hydrogen (secondary N) is 1. The van der Waals surface area contributed by atoms with E-state index in [2.05, 4.69) is 31.1 Å². The molecule has 0 spiro atoms. The van der Waals surface area contributed by atoms with Gasteiger partial charge in [-0.2, -0.15) is 0 Å². The van der Waals surface area contributed by atoms with Crippen LogP contribution in [0.25, 0.3) is 10.1 Å². The smallest absolute Gasteiger partial charge is 0.270 e. The maximum absolute atomic E-state index is 12.4. The molecule has 2 aliphatic rings. The molecule has 4 heterocycles. The summed E-state index contributed by atoms with van der Waals surface area (Å²) in [6.07, 6.45) is 4.17. The van der Waals surface area contributed by atoms with Crippen molar-refractivity contribution in [2.75, 3.05) is 19.6 Å². The van der Waals surface area contributed by atoms with E-state index in [1.807, 2.05) is 11.4 Å². The molecule has 21 heavy (non-hydrogen) atoms. The Hall–Kier alpha value is -0.980. The van der Waals surface area contributed by atoms with E-state index in [1.54, 1.807) is 17.5 Å². The molecule has 4 rings (SSSR count). The molecular formula is C15H16BrN3OS. The number of halogens is 1. The standard InChI is InChI=1S/C15H16BrN3OS/c16-12-8-21-14-5-17-13(4-11(12)14)15(20)18-10-3-9-1-2-19(6-9)7-10/h4-5,8-10H,1-3,6-7H2,(H,18,20). The molecule has 2 aromatic heterocycles. The molecule has 4 nitrogen and oxygen atoms in total. The molecule has 110 valence electrons. The van der Waals surface area contributed by atoms with Crippen molar-refractivity contribution in [3.63, 3.8) is 0 Å². The van der Waals surface area contributed by atoms with Crippen LogP contribution >= 0.6 is 27.3 Å². The van der Waals surface area contributed by atoms with Crippen molar-refractivity contribution in [1.82, 2.24) is 15.2 Å². The number of thiophene rings is 1. The second-order valence-corrected chi connectivity index (χ2v) is 7.74. The van der Waals surface area contributed by atoms with Crippen LogP contribution in [0.5, 0.6) is 0 Å². The number of aromatic nitrogens is 1. The predicted molar refractivity (Wildman–Crippen MR) is 87.7 cm³/mol. The van der Waals surface area contributed by atoms with Gasteiger partial charge in [-0.3, -0.25) is 4.79 Å². The summed E-state index contributed by atoms with van der Waals surface area (Å²) in [7, 11) is 0. The Bertz CT molecular complexity index is 689. The molecule has 0 radical (unpaired) electrons. The van der Waals surface area contributed by atoms with Gasteiger partial charge in [0.15, 0.2) is 0 Å². The molecule has 0 aliphatic carbocycles. The van der Waals surface area contributed by atoms with E-state index in [4.69, 9.17) is 0 Å². The van der Waals surface area contributed by atoms with Crippen LogP contribution in [0.3, 0.4) is 0 Å². The van der Waals surface area contributed by atoms with Crippen molar-refractivity contribution in [3.8, 4) is 0 Å². The number of piperidine rings is 1. The maximum Gasteiger partial charge on any atom is 0.270 e. The zero-order valence-corrected chi connectivity index (χ0v) is 13.9. The molecule has 1 N–H and O–H groups in total. The minimum atomic E-state index is -0.0532. The zero-order valence-electron chi connectivity index (χ0n) is 11.5. The van der Waals surface area contributed by atoms with Gasteiger partial charge >= 0.3 is 0 Å². The van der Waals surface area contributed by atoms with Crippen LogP contribution in [0, 0.1) is 5.92 Å². The summed E-state index contributed by atoms with van der Waals surface area (Å²) in [5.41, 5.74) is 0.509. The van der Waals surface area contributed by atoms with Crippen molar-refractivity contribution in [1.29, 1.82) is 0 Å². The average molecular weight is 366 g/mol. The van der Waals surface area contributed by atoms with Gasteiger partial charge in [-0.25, -0.2) is 4.98 Å². The Morgan fingerprint density at radius 2 is 2.38 bits per heavy atom. The molecule has 6 heteroatoms. The van der Waals surface area contributed by atoms with Crippen molar-refractivity contribution in [2.45, 2.75) is 18.9 Å². The molecular weight excluding hydrogens is 350 g/mol. The van der Waals surface area contributed by atoms with Gasteiger partial charge in [0.25, 0.3) is 5.91 Å². The summed E-state index contributed by atoms with van der Waals surface area (Å²) in [6, 6.07) is 2.14. The van der Waals surface area contributed by atoms with Gasteiger partial charge in [0.1, 0.15) is 5.69 Å². The van der Waals surface area contributed by atoms with E-state index in [-0.39, 0.29) is 11.9 Å². The van der Waals surface area contributed by atoms with Crippen LogP contribution in [-0.4, -0.2) is 41.5 Å². The van der Waals surface area contributed by atoms with Crippen LogP contribution < -0.4 is 5.32 Å². The van der Waals surface area contributed by atoms with E-state index in [1.165, 1.54) is 19.5 Å². The lowest BCUT2D eigenvalue weighted by Gasteiger charge is -2.30. The van der Waals surface area contributed by atoms with Crippen LogP contribution in [0.1, 0.15) is 23.3 Å². The van der Waals surface area contributed by atoms with Crippen molar-refractivity contribution in [2.24, 2.45) is 5.92 Å². The predicted octanol–water partition coefficient (Wildman–Crippen LogP) is 2.88. The quantitative estimate of drug-likeness (QED) is 0.889. The minimum absolute atomic E-state index is 0.0532. The van der Waals surface area contributed by atoms with Gasteiger partial charge < -0.3 is 10.2 Å². The number of rotatable bonds is 2. The molecule has 2 aliphatic heterocycles. The van der Waals surface area contributed by atoms with Gasteiger partial charge in [0, 0.05) is 40.6 Å². The fourth-order valence-electron chi connectivity index (χ4n) is 3.45.